The monoisotopic (exact) mass is 242 g/mol. The molecule has 1 atom stereocenters. The summed E-state index contributed by atoms with van der Waals surface area (Å²) in [6, 6.07) is 3.27. The highest BCUT2D eigenvalue weighted by Crippen LogP contribution is 2.25. The standard InChI is InChI=1S/C10H11FN2O4/c11-8-2-1-6(3-9(8)13(16)17)7(5-12)4-10(14)15/h1-3,7H,4-5,12H2,(H,14,15). The molecule has 0 aliphatic carbocycles. The molecule has 92 valence electrons. The van der Waals surface area contributed by atoms with Gasteiger partial charge in [-0.1, -0.05) is 6.07 Å². The number of aliphatic carboxylic acids is 1. The van der Waals surface area contributed by atoms with Crippen LogP contribution in [-0.4, -0.2) is 22.5 Å². The summed E-state index contributed by atoms with van der Waals surface area (Å²) in [5, 5.41) is 19.2. The number of hydrogen-bond donors (Lipinski definition) is 2. The second kappa shape index (κ2) is 5.35. The molecular weight excluding hydrogens is 231 g/mol. The van der Waals surface area contributed by atoms with Gasteiger partial charge in [-0.3, -0.25) is 14.9 Å². The van der Waals surface area contributed by atoms with E-state index in [1.54, 1.807) is 0 Å². The van der Waals surface area contributed by atoms with Crippen molar-refractivity contribution in [2.45, 2.75) is 12.3 Å². The zero-order valence-electron chi connectivity index (χ0n) is 8.80. The molecule has 0 heterocycles. The average molecular weight is 242 g/mol. The number of nitro benzene ring substituents is 1. The fraction of sp³-hybridized carbons (Fsp3) is 0.300. The summed E-state index contributed by atoms with van der Waals surface area (Å²) in [5.74, 6) is -2.58. The minimum absolute atomic E-state index is 0.0229. The van der Waals surface area contributed by atoms with Crippen molar-refractivity contribution >= 4 is 11.7 Å². The lowest BCUT2D eigenvalue weighted by atomic mass is 9.95. The van der Waals surface area contributed by atoms with Crippen LogP contribution in [0.5, 0.6) is 0 Å². The van der Waals surface area contributed by atoms with Crippen LogP contribution in [0.2, 0.25) is 0 Å². The normalized spacial score (nSPS) is 12.1. The Morgan fingerprint density at radius 2 is 2.24 bits per heavy atom. The Balaban J connectivity index is 3.08. The summed E-state index contributed by atoms with van der Waals surface area (Å²) >= 11 is 0. The predicted molar refractivity (Wildman–Crippen MR) is 57.1 cm³/mol. The third-order valence-electron chi connectivity index (χ3n) is 2.34. The van der Waals surface area contributed by atoms with Gasteiger partial charge >= 0.3 is 11.7 Å². The first-order valence-electron chi connectivity index (χ1n) is 4.81. The molecule has 0 spiro atoms. The van der Waals surface area contributed by atoms with E-state index in [9.17, 15) is 19.3 Å². The molecule has 7 heteroatoms. The van der Waals surface area contributed by atoms with Crippen molar-refractivity contribution in [2.75, 3.05) is 6.54 Å². The molecule has 6 nitrogen and oxygen atoms in total. The van der Waals surface area contributed by atoms with Crippen LogP contribution in [0.15, 0.2) is 18.2 Å². The third-order valence-corrected chi connectivity index (χ3v) is 2.34. The number of nitro groups is 1. The van der Waals surface area contributed by atoms with Crippen LogP contribution in [0.1, 0.15) is 17.9 Å². The molecule has 0 amide bonds. The number of hydrogen-bond acceptors (Lipinski definition) is 4. The van der Waals surface area contributed by atoms with E-state index in [1.165, 1.54) is 6.07 Å². The maximum atomic E-state index is 13.1. The molecule has 1 aromatic rings. The SMILES string of the molecule is NCC(CC(=O)O)c1ccc(F)c([N+](=O)[O-])c1. The molecule has 0 bridgehead atoms. The van der Waals surface area contributed by atoms with Crippen LogP contribution >= 0.6 is 0 Å². The average Bonchev–Trinajstić information content (AvgIpc) is 2.26. The number of nitrogens with zero attached hydrogens (tertiary/aromatic N) is 1. The lowest BCUT2D eigenvalue weighted by molar-refractivity contribution is -0.387. The van der Waals surface area contributed by atoms with Crippen molar-refractivity contribution in [3.63, 3.8) is 0 Å². The quantitative estimate of drug-likeness (QED) is 0.597. The summed E-state index contributed by atoms with van der Waals surface area (Å²) in [7, 11) is 0. The number of carboxylic acids is 1. The van der Waals surface area contributed by atoms with E-state index >= 15 is 0 Å². The molecule has 0 fully saturated rings. The summed E-state index contributed by atoms with van der Waals surface area (Å²) < 4.78 is 13.1. The Labute approximate surface area is 96.0 Å². The first-order chi connectivity index (χ1) is 7.95. The zero-order valence-corrected chi connectivity index (χ0v) is 8.80. The Morgan fingerprint density at radius 3 is 2.71 bits per heavy atom. The van der Waals surface area contributed by atoms with Crippen LogP contribution in [0.25, 0.3) is 0 Å². The second-order valence-corrected chi connectivity index (χ2v) is 3.50. The number of carbonyl (C=O) groups is 1. The topological polar surface area (TPSA) is 106 Å². The van der Waals surface area contributed by atoms with E-state index in [0.717, 1.165) is 12.1 Å². The van der Waals surface area contributed by atoms with Gasteiger partial charge in [0.05, 0.1) is 11.3 Å². The van der Waals surface area contributed by atoms with E-state index < -0.39 is 28.3 Å². The molecule has 0 aliphatic heterocycles. The van der Waals surface area contributed by atoms with Crippen molar-refractivity contribution in [1.29, 1.82) is 0 Å². The Morgan fingerprint density at radius 1 is 1.59 bits per heavy atom. The number of nitrogens with two attached hydrogens (primary N) is 1. The fourth-order valence-corrected chi connectivity index (χ4v) is 1.47. The Kier molecular flexibility index (Phi) is 4.11. The molecule has 0 saturated carbocycles. The first-order valence-corrected chi connectivity index (χ1v) is 4.81. The van der Waals surface area contributed by atoms with E-state index in [1.807, 2.05) is 0 Å². The van der Waals surface area contributed by atoms with Crippen LogP contribution in [0, 0.1) is 15.9 Å². The van der Waals surface area contributed by atoms with Gasteiger partial charge in [0.1, 0.15) is 0 Å². The highest BCUT2D eigenvalue weighted by atomic mass is 19.1. The van der Waals surface area contributed by atoms with Crippen LogP contribution < -0.4 is 5.73 Å². The van der Waals surface area contributed by atoms with Gasteiger partial charge in [0.15, 0.2) is 0 Å². The minimum Gasteiger partial charge on any atom is -0.481 e. The third kappa shape index (κ3) is 3.22. The number of benzene rings is 1. The molecule has 1 rings (SSSR count). The van der Waals surface area contributed by atoms with Gasteiger partial charge in [0.25, 0.3) is 0 Å². The van der Waals surface area contributed by atoms with Crippen LogP contribution in [0.4, 0.5) is 10.1 Å². The summed E-state index contributed by atoms with van der Waals surface area (Å²) in [6.07, 6.45) is -0.251. The van der Waals surface area contributed by atoms with Crippen LogP contribution in [0.3, 0.4) is 0 Å². The van der Waals surface area contributed by atoms with Gasteiger partial charge in [-0.15, -0.1) is 0 Å². The highest BCUT2D eigenvalue weighted by molar-refractivity contribution is 5.68. The highest BCUT2D eigenvalue weighted by Gasteiger charge is 2.20. The minimum atomic E-state index is -1.06. The maximum absolute atomic E-state index is 13.1. The van der Waals surface area contributed by atoms with Gasteiger partial charge in [0.2, 0.25) is 5.82 Å². The van der Waals surface area contributed by atoms with E-state index in [2.05, 4.69) is 0 Å². The Bertz CT molecular complexity index is 450. The smallest absolute Gasteiger partial charge is 0.305 e. The van der Waals surface area contributed by atoms with Crippen molar-refractivity contribution < 1.29 is 19.2 Å². The van der Waals surface area contributed by atoms with Crippen molar-refractivity contribution in [3.05, 3.63) is 39.7 Å². The first kappa shape index (κ1) is 13.0. The number of halogens is 1. The molecule has 1 aromatic carbocycles. The fourth-order valence-electron chi connectivity index (χ4n) is 1.47. The summed E-state index contributed by atoms with van der Waals surface area (Å²) in [5.41, 5.74) is 5.07. The zero-order chi connectivity index (χ0) is 13.0. The van der Waals surface area contributed by atoms with Crippen molar-refractivity contribution in [2.24, 2.45) is 5.73 Å². The molecule has 0 saturated heterocycles. The van der Waals surface area contributed by atoms with Gasteiger partial charge in [-0.2, -0.15) is 4.39 Å². The van der Waals surface area contributed by atoms with Crippen molar-refractivity contribution in [3.8, 4) is 0 Å². The van der Waals surface area contributed by atoms with E-state index in [-0.39, 0.29) is 13.0 Å². The molecule has 0 aliphatic rings. The van der Waals surface area contributed by atoms with E-state index in [0.29, 0.717) is 5.56 Å². The lowest BCUT2D eigenvalue weighted by Gasteiger charge is -2.12. The number of rotatable bonds is 5. The van der Waals surface area contributed by atoms with Crippen molar-refractivity contribution in [1.82, 2.24) is 0 Å². The maximum Gasteiger partial charge on any atom is 0.305 e. The lowest BCUT2D eigenvalue weighted by Crippen LogP contribution is -2.16. The second-order valence-electron chi connectivity index (χ2n) is 3.50. The predicted octanol–water partition coefficient (Wildman–Crippen LogP) is 1.25. The Hall–Kier alpha value is -2.02. The number of carboxylic acid groups (broad SMARTS) is 1. The van der Waals surface area contributed by atoms with Gasteiger partial charge < -0.3 is 10.8 Å². The molecule has 1 unspecified atom stereocenters. The van der Waals surface area contributed by atoms with Gasteiger partial charge in [-0.05, 0) is 18.2 Å². The van der Waals surface area contributed by atoms with Gasteiger partial charge in [0, 0.05) is 12.0 Å². The van der Waals surface area contributed by atoms with E-state index in [4.69, 9.17) is 10.8 Å². The van der Waals surface area contributed by atoms with Gasteiger partial charge in [-0.25, -0.2) is 0 Å². The molecule has 3 N–H and O–H groups in total. The largest absolute Gasteiger partial charge is 0.481 e. The summed E-state index contributed by atoms with van der Waals surface area (Å²) in [4.78, 5) is 20.2. The molecule has 0 aromatic heterocycles. The molecular formula is C10H11FN2O4. The van der Waals surface area contributed by atoms with Crippen LogP contribution in [-0.2, 0) is 4.79 Å². The molecule has 0 radical (unpaired) electrons. The molecule has 17 heavy (non-hydrogen) atoms. The summed E-state index contributed by atoms with van der Waals surface area (Å²) in [6.45, 7) is 0.0229.